The number of hydrogen-bond donors (Lipinski definition) is 2. The molecule has 0 aliphatic heterocycles. The molecule has 1 aromatic carbocycles. The van der Waals surface area contributed by atoms with Crippen molar-refractivity contribution in [2.75, 3.05) is 0 Å². The van der Waals surface area contributed by atoms with Gasteiger partial charge in [0.25, 0.3) is 5.56 Å². The minimum atomic E-state index is -0.133. The van der Waals surface area contributed by atoms with E-state index in [0.717, 1.165) is 18.5 Å². The maximum absolute atomic E-state index is 11.5. The number of H-pyrrole nitrogens is 2. The van der Waals surface area contributed by atoms with Crippen molar-refractivity contribution in [1.29, 1.82) is 0 Å². The van der Waals surface area contributed by atoms with Gasteiger partial charge in [0.15, 0.2) is 4.77 Å². The first kappa shape index (κ1) is 10.5. The van der Waals surface area contributed by atoms with E-state index in [1.807, 2.05) is 18.2 Å². The summed E-state index contributed by atoms with van der Waals surface area (Å²) in [4.78, 5) is 17.1. The van der Waals surface area contributed by atoms with E-state index in [1.54, 1.807) is 6.07 Å². The van der Waals surface area contributed by atoms with E-state index in [1.165, 1.54) is 5.56 Å². The molecule has 0 spiro atoms. The van der Waals surface area contributed by atoms with Crippen LogP contribution in [0.1, 0.15) is 24.1 Å². The molecule has 1 fully saturated rings. The summed E-state index contributed by atoms with van der Waals surface area (Å²) < 4.78 is 0.398. The SMILES string of the molecule is O=c1cc(C2(c3ccccc3)CC2)[nH]c(=S)[nH]1. The van der Waals surface area contributed by atoms with Gasteiger partial charge in [0, 0.05) is 17.2 Å². The molecule has 0 amide bonds. The number of nitrogens with one attached hydrogen (secondary N) is 2. The van der Waals surface area contributed by atoms with Gasteiger partial charge in [-0.1, -0.05) is 30.3 Å². The van der Waals surface area contributed by atoms with Crippen LogP contribution in [0.2, 0.25) is 0 Å². The van der Waals surface area contributed by atoms with Crippen LogP contribution < -0.4 is 5.56 Å². The molecule has 1 heterocycles. The van der Waals surface area contributed by atoms with Gasteiger partial charge in [-0.15, -0.1) is 0 Å². The van der Waals surface area contributed by atoms with Crippen LogP contribution in [0.25, 0.3) is 0 Å². The third kappa shape index (κ3) is 1.74. The highest BCUT2D eigenvalue weighted by molar-refractivity contribution is 7.71. The average Bonchev–Trinajstić information content (AvgIpc) is 3.10. The first-order valence-corrected chi connectivity index (χ1v) is 6.01. The van der Waals surface area contributed by atoms with Crippen molar-refractivity contribution in [2.24, 2.45) is 0 Å². The number of aromatic amines is 2. The van der Waals surface area contributed by atoms with E-state index in [2.05, 4.69) is 22.1 Å². The minimum absolute atomic E-state index is 0.0247. The molecular weight excluding hydrogens is 232 g/mol. The largest absolute Gasteiger partial charge is 0.335 e. The summed E-state index contributed by atoms with van der Waals surface area (Å²) in [6.07, 6.45) is 2.12. The third-order valence-corrected chi connectivity index (χ3v) is 3.56. The second-order valence-corrected chi connectivity index (χ2v) is 4.86. The van der Waals surface area contributed by atoms with Crippen molar-refractivity contribution < 1.29 is 0 Å². The van der Waals surface area contributed by atoms with Gasteiger partial charge in [0.1, 0.15) is 0 Å². The van der Waals surface area contributed by atoms with Crippen molar-refractivity contribution in [3.8, 4) is 0 Å². The fraction of sp³-hybridized carbons (Fsp3) is 0.231. The monoisotopic (exact) mass is 244 g/mol. The summed E-state index contributed by atoms with van der Waals surface area (Å²) in [7, 11) is 0. The van der Waals surface area contributed by atoms with Crippen LogP contribution in [0.4, 0.5) is 0 Å². The number of benzene rings is 1. The van der Waals surface area contributed by atoms with E-state index >= 15 is 0 Å². The van der Waals surface area contributed by atoms with Gasteiger partial charge in [-0.3, -0.25) is 9.78 Å². The summed E-state index contributed by atoms with van der Waals surface area (Å²) >= 11 is 5.02. The highest BCUT2D eigenvalue weighted by Crippen LogP contribution is 2.52. The topological polar surface area (TPSA) is 48.6 Å². The highest BCUT2D eigenvalue weighted by Gasteiger charge is 2.46. The predicted molar refractivity (Wildman–Crippen MR) is 68.7 cm³/mol. The van der Waals surface area contributed by atoms with Crippen LogP contribution in [0.3, 0.4) is 0 Å². The molecule has 17 heavy (non-hydrogen) atoms. The number of rotatable bonds is 2. The molecule has 1 aliphatic rings. The van der Waals surface area contributed by atoms with Gasteiger partial charge in [-0.25, -0.2) is 0 Å². The van der Waals surface area contributed by atoms with E-state index in [-0.39, 0.29) is 11.0 Å². The van der Waals surface area contributed by atoms with Crippen molar-refractivity contribution in [1.82, 2.24) is 9.97 Å². The van der Waals surface area contributed by atoms with Crippen LogP contribution in [0.5, 0.6) is 0 Å². The van der Waals surface area contributed by atoms with Gasteiger partial charge in [0.2, 0.25) is 0 Å². The fourth-order valence-corrected chi connectivity index (χ4v) is 2.53. The van der Waals surface area contributed by atoms with Crippen LogP contribution in [0, 0.1) is 4.77 Å². The van der Waals surface area contributed by atoms with Crippen LogP contribution >= 0.6 is 12.2 Å². The fourth-order valence-electron chi connectivity index (χ4n) is 2.32. The quantitative estimate of drug-likeness (QED) is 0.797. The Balaban J connectivity index is 2.16. The average molecular weight is 244 g/mol. The number of aromatic nitrogens is 2. The van der Waals surface area contributed by atoms with Crippen LogP contribution in [0.15, 0.2) is 41.2 Å². The van der Waals surface area contributed by atoms with Gasteiger partial charge in [-0.2, -0.15) is 0 Å². The van der Waals surface area contributed by atoms with Crippen molar-refractivity contribution in [3.63, 3.8) is 0 Å². The van der Waals surface area contributed by atoms with Gasteiger partial charge in [-0.05, 0) is 30.6 Å². The van der Waals surface area contributed by atoms with Crippen molar-refractivity contribution >= 4 is 12.2 Å². The molecule has 3 nitrogen and oxygen atoms in total. The summed E-state index contributed by atoms with van der Waals surface area (Å²) in [5.41, 5.74) is 2.02. The Labute approximate surface area is 104 Å². The molecule has 2 aromatic rings. The van der Waals surface area contributed by atoms with Crippen LogP contribution in [-0.2, 0) is 5.41 Å². The number of hydrogen-bond acceptors (Lipinski definition) is 2. The van der Waals surface area contributed by atoms with E-state index < -0.39 is 0 Å². The molecule has 3 rings (SSSR count). The molecule has 0 atom stereocenters. The van der Waals surface area contributed by atoms with Crippen LogP contribution in [-0.4, -0.2) is 9.97 Å². The van der Waals surface area contributed by atoms with Gasteiger partial charge < -0.3 is 4.98 Å². The Morgan fingerprint density at radius 3 is 2.41 bits per heavy atom. The lowest BCUT2D eigenvalue weighted by molar-refractivity contribution is 0.786. The molecule has 0 saturated heterocycles. The lowest BCUT2D eigenvalue weighted by Crippen LogP contribution is -2.17. The zero-order valence-electron chi connectivity index (χ0n) is 9.19. The smallest absolute Gasteiger partial charge is 0.251 e. The first-order valence-electron chi connectivity index (χ1n) is 5.60. The Kier molecular flexibility index (Phi) is 2.26. The van der Waals surface area contributed by atoms with E-state index in [0.29, 0.717) is 4.77 Å². The first-order chi connectivity index (χ1) is 8.21. The molecule has 4 heteroatoms. The normalized spacial score (nSPS) is 16.7. The Bertz CT molecular complexity index is 625. The lowest BCUT2D eigenvalue weighted by Gasteiger charge is -2.15. The standard InChI is InChI=1S/C13H12N2OS/c16-11-8-10(14-12(17)15-11)13(6-7-13)9-4-2-1-3-5-9/h1-5,8H,6-7H2,(H2,14,15,16,17). The Morgan fingerprint density at radius 2 is 1.82 bits per heavy atom. The molecule has 0 unspecified atom stereocenters. The molecule has 0 radical (unpaired) electrons. The Morgan fingerprint density at radius 1 is 1.12 bits per heavy atom. The van der Waals surface area contributed by atoms with E-state index in [4.69, 9.17) is 12.2 Å². The molecule has 86 valence electrons. The molecular formula is C13H12N2OS. The predicted octanol–water partition coefficient (Wildman–Crippen LogP) is 2.51. The van der Waals surface area contributed by atoms with Gasteiger partial charge in [0.05, 0.1) is 0 Å². The lowest BCUT2D eigenvalue weighted by atomic mass is 9.92. The van der Waals surface area contributed by atoms with Crippen molar-refractivity contribution in [2.45, 2.75) is 18.3 Å². The molecule has 0 bridgehead atoms. The molecule has 1 saturated carbocycles. The molecule has 1 aromatic heterocycles. The maximum Gasteiger partial charge on any atom is 0.251 e. The minimum Gasteiger partial charge on any atom is -0.335 e. The molecule has 1 aliphatic carbocycles. The summed E-state index contributed by atoms with van der Waals surface area (Å²) in [5, 5.41) is 0. The summed E-state index contributed by atoms with van der Waals surface area (Å²) in [6.45, 7) is 0. The zero-order valence-corrected chi connectivity index (χ0v) is 10.0. The van der Waals surface area contributed by atoms with Gasteiger partial charge >= 0.3 is 0 Å². The molecule has 2 N–H and O–H groups in total. The second-order valence-electron chi connectivity index (χ2n) is 4.45. The maximum atomic E-state index is 11.5. The summed E-state index contributed by atoms with van der Waals surface area (Å²) in [6, 6.07) is 11.9. The third-order valence-electron chi connectivity index (χ3n) is 3.35. The van der Waals surface area contributed by atoms with E-state index in [9.17, 15) is 4.79 Å². The second kappa shape index (κ2) is 3.67. The zero-order chi connectivity index (χ0) is 11.9. The Hall–Kier alpha value is -1.68. The van der Waals surface area contributed by atoms with Crippen molar-refractivity contribution in [3.05, 3.63) is 62.8 Å². The highest BCUT2D eigenvalue weighted by atomic mass is 32.1. The summed E-state index contributed by atoms with van der Waals surface area (Å²) in [5.74, 6) is 0.